The van der Waals surface area contributed by atoms with Gasteiger partial charge in [-0.25, -0.2) is 0 Å². The smallest absolute Gasteiger partial charge is 0.168 e. The Balaban J connectivity index is 1.90. The van der Waals surface area contributed by atoms with Gasteiger partial charge in [0, 0.05) is 24.0 Å². The zero-order valence-corrected chi connectivity index (χ0v) is 10.7. The fourth-order valence-electron chi connectivity index (χ4n) is 2.63. The van der Waals surface area contributed by atoms with Crippen molar-refractivity contribution in [2.24, 2.45) is 0 Å². The van der Waals surface area contributed by atoms with E-state index in [2.05, 4.69) is 46.7 Å². The average molecular weight is 250 g/mol. The van der Waals surface area contributed by atoms with E-state index in [-0.39, 0.29) is 0 Å². The van der Waals surface area contributed by atoms with E-state index in [9.17, 15) is 0 Å². The van der Waals surface area contributed by atoms with Gasteiger partial charge in [-0.05, 0) is 54.8 Å². The Labute approximate surface area is 111 Å². The molecule has 0 spiro atoms. The van der Waals surface area contributed by atoms with Crippen molar-refractivity contribution in [1.82, 2.24) is 14.6 Å². The second-order valence-electron chi connectivity index (χ2n) is 5.00. The van der Waals surface area contributed by atoms with Gasteiger partial charge in [-0.15, -0.1) is 10.2 Å². The highest BCUT2D eigenvalue weighted by molar-refractivity contribution is 5.67. The number of hydrogen-bond acceptors (Lipinski definition) is 3. The third kappa shape index (κ3) is 1.60. The second kappa shape index (κ2) is 3.82. The number of aromatic nitrogens is 3. The molecule has 1 aromatic carbocycles. The second-order valence-corrected chi connectivity index (χ2v) is 5.00. The third-order valence-electron chi connectivity index (χ3n) is 3.64. The molecular weight excluding hydrogens is 236 g/mol. The Bertz CT molecular complexity index is 773. The summed E-state index contributed by atoms with van der Waals surface area (Å²) in [6.07, 6.45) is 3.12. The molecule has 1 N–H and O–H groups in total. The van der Waals surface area contributed by atoms with Crippen LogP contribution in [0.3, 0.4) is 0 Å². The van der Waals surface area contributed by atoms with Gasteiger partial charge in [0.15, 0.2) is 11.5 Å². The highest BCUT2D eigenvalue weighted by Gasteiger charge is 2.13. The summed E-state index contributed by atoms with van der Waals surface area (Å²) in [4.78, 5) is 0. The lowest BCUT2D eigenvalue weighted by Gasteiger charge is -2.04. The summed E-state index contributed by atoms with van der Waals surface area (Å²) in [7, 11) is 0. The minimum Gasteiger partial charge on any atom is -0.384 e. The normalized spacial score (nSPS) is 13.5. The maximum Gasteiger partial charge on any atom is 0.168 e. The van der Waals surface area contributed by atoms with Crippen LogP contribution in [0.15, 0.2) is 36.5 Å². The van der Waals surface area contributed by atoms with Gasteiger partial charge in [0.25, 0.3) is 0 Å². The van der Waals surface area contributed by atoms with Gasteiger partial charge in [-0.2, -0.15) is 0 Å². The van der Waals surface area contributed by atoms with Gasteiger partial charge >= 0.3 is 0 Å². The number of anilines is 1. The average Bonchev–Trinajstić information content (AvgIpc) is 3.02. The lowest BCUT2D eigenvalue weighted by atomic mass is 10.1. The lowest BCUT2D eigenvalue weighted by Crippen LogP contribution is -1.91. The van der Waals surface area contributed by atoms with Crippen LogP contribution in [-0.4, -0.2) is 21.1 Å². The van der Waals surface area contributed by atoms with E-state index in [0.29, 0.717) is 0 Å². The molecule has 3 aromatic rings. The molecule has 0 aliphatic carbocycles. The molecule has 0 unspecified atom stereocenters. The number of aryl methyl sites for hydroxylation is 1. The van der Waals surface area contributed by atoms with Crippen molar-refractivity contribution in [2.75, 3.05) is 11.9 Å². The van der Waals surface area contributed by atoms with Gasteiger partial charge in [0.2, 0.25) is 0 Å². The highest BCUT2D eigenvalue weighted by Crippen LogP contribution is 2.27. The Morgan fingerprint density at radius 3 is 3.05 bits per heavy atom. The van der Waals surface area contributed by atoms with Crippen LogP contribution in [0.2, 0.25) is 0 Å². The van der Waals surface area contributed by atoms with E-state index in [1.54, 1.807) is 0 Å². The van der Waals surface area contributed by atoms with Crippen LogP contribution in [0.1, 0.15) is 11.1 Å². The first kappa shape index (κ1) is 10.6. The van der Waals surface area contributed by atoms with Crippen LogP contribution in [0, 0.1) is 6.92 Å². The summed E-state index contributed by atoms with van der Waals surface area (Å²) in [6, 6.07) is 10.6. The standard InChI is InChI=1S/C15H14N4/c1-10-5-7-19-14(8-10)17-18-15(19)12-2-3-13-11(9-12)4-6-16-13/h2-3,5,7-9,16H,4,6H2,1H3. The molecule has 0 fully saturated rings. The molecule has 0 radical (unpaired) electrons. The SMILES string of the molecule is Cc1ccn2c(-c3ccc4c(c3)CCN4)nnc2c1. The van der Waals surface area contributed by atoms with E-state index in [0.717, 1.165) is 30.0 Å². The maximum absolute atomic E-state index is 4.32. The van der Waals surface area contributed by atoms with Crippen molar-refractivity contribution in [3.05, 3.63) is 47.7 Å². The summed E-state index contributed by atoms with van der Waals surface area (Å²) in [5.41, 5.74) is 5.83. The number of hydrogen-bond donors (Lipinski definition) is 1. The predicted molar refractivity (Wildman–Crippen MR) is 75.4 cm³/mol. The molecular formula is C15H14N4. The minimum atomic E-state index is 0.897. The summed E-state index contributed by atoms with van der Waals surface area (Å²) in [5.74, 6) is 0.907. The number of nitrogens with zero attached hydrogens (tertiary/aromatic N) is 3. The van der Waals surface area contributed by atoms with Crippen molar-refractivity contribution in [3.8, 4) is 11.4 Å². The maximum atomic E-state index is 4.32. The first-order valence-corrected chi connectivity index (χ1v) is 6.50. The molecule has 0 saturated carbocycles. The third-order valence-corrected chi connectivity index (χ3v) is 3.64. The van der Waals surface area contributed by atoms with Crippen LogP contribution < -0.4 is 5.32 Å². The van der Waals surface area contributed by atoms with Crippen LogP contribution in [0.4, 0.5) is 5.69 Å². The molecule has 2 aromatic heterocycles. The first-order valence-electron chi connectivity index (χ1n) is 6.50. The molecule has 4 rings (SSSR count). The number of benzene rings is 1. The Hall–Kier alpha value is -2.36. The molecule has 4 heteroatoms. The largest absolute Gasteiger partial charge is 0.384 e. The molecule has 0 saturated heterocycles. The zero-order chi connectivity index (χ0) is 12.8. The van der Waals surface area contributed by atoms with E-state index in [4.69, 9.17) is 0 Å². The van der Waals surface area contributed by atoms with E-state index in [1.807, 2.05) is 16.7 Å². The quantitative estimate of drug-likeness (QED) is 0.722. The molecule has 4 nitrogen and oxygen atoms in total. The Kier molecular flexibility index (Phi) is 2.12. The summed E-state index contributed by atoms with van der Waals surface area (Å²) in [6.45, 7) is 3.09. The minimum absolute atomic E-state index is 0.897. The molecule has 1 aliphatic heterocycles. The van der Waals surface area contributed by atoms with Crippen LogP contribution >= 0.6 is 0 Å². The van der Waals surface area contributed by atoms with Crippen LogP contribution in [0.25, 0.3) is 17.0 Å². The molecule has 19 heavy (non-hydrogen) atoms. The number of pyridine rings is 1. The van der Waals surface area contributed by atoms with Gasteiger partial charge in [0.1, 0.15) is 0 Å². The lowest BCUT2D eigenvalue weighted by molar-refractivity contribution is 1.09. The van der Waals surface area contributed by atoms with E-state index >= 15 is 0 Å². The molecule has 0 atom stereocenters. The summed E-state index contributed by atoms with van der Waals surface area (Å²) in [5, 5.41) is 11.9. The van der Waals surface area contributed by atoms with Crippen molar-refractivity contribution in [2.45, 2.75) is 13.3 Å². The van der Waals surface area contributed by atoms with E-state index < -0.39 is 0 Å². The fraction of sp³-hybridized carbons (Fsp3) is 0.200. The Morgan fingerprint density at radius 1 is 1.16 bits per heavy atom. The highest BCUT2D eigenvalue weighted by atomic mass is 15.2. The fourth-order valence-corrected chi connectivity index (χ4v) is 2.63. The van der Waals surface area contributed by atoms with Crippen molar-refractivity contribution >= 4 is 11.3 Å². The molecule has 3 heterocycles. The Morgan fingerprint density at radius 2 is 2.11 bits per heavy atom. The van der Waals surface area contributed by atoms with Crippen molar-refractivity contribution in [3.63, 3.8) is 0 Å². The molecule has 1 aliphatic rings. The summed E-state index contributed by atoms with van der Waals surface area (Å²) >= 11 is 0. The molecule has 0 bridgehead atoms. The molecule has 0 amide bonds. The van der Waals surface area contributed by atoms with Gasteiger partial charge in [0.05, 0.1) is 0 Å². The number of rotatable bonds is 1. The van der Waals surface area contributed by atoms with Crippen molar-refractivity contribution in [1.29, 1.82) is 0 Å². The topological polar surface area (TPSA) is 42.2 Å². The molecule has 94 valence electrons. The van der Waals surface area contributed by atoms with Crippen LogP contribution in [-0.2, 0) is 6.42 Å². The zero-order valence-electron chi connectivity index (χ0n) is 10.7. The van der Waals surface area contributed by atoms with Crippen LogP contribution in [0.5, 0.6) is 0 Å². The monoisotopic (exact) mass is 250 g/mol. The van der Waals surface area contributed by atoms with E-state index in [1.165, 1.54) is 16.8 Å². The van der Waals surface area contributed by atoms with Gasteiger partial charge < -0.3 is 5.32 Å². The number of fused-ring (bicyclic) bond motifs is 2. The number of nitrogens with one attached hydrogen (secondary N) is 1. The van der Waals surface area contributed by atoms with Gasteiger partial charge in [-0.1, -0.05) is 0 Å². The first-order chi connectivity index (χ1) is 9.31. The summed E-state index contributed by atoms with van der Waals surface area (Å²) < 4.78 is 2.04. The van der Waals surface area contributed by atoms with Gasteiger partial charge in [-0.3, -0.25) is 4.40 Å². The van der Waals surface area contributed by atoms with Crippen molar-refractivity contribution < 1.29 is 0 Å². The predicted octanol–water partition coefficient (Wildman–Crippen LogP) is 2.67.